The molecule has 0 aromatic carbocycles. The number of rotatable bonds is 1. The van der Waals surface area contributed by atoms with Crippen molar-refractivity contribution >= 4 is 23.5 Å². The number of amides is 3. The lowest BCUT2D eigenvalue weighted by Crippen LogP contribution is -2.46. The van der Waals surface area contributed by atoms with Crippen LogP contribution in [-0.2, 0) is 19.2 Å². The lowest BCUT2D eigenvalue weighted by molar-refractivity contribution is -0.701. The molecule has 1 heterocycles. The Balaban J connectivity index is 3.24. The third-order valence-corrected chi connectivity index (χ3v) is 2.00. The summed E-state index contributed by atoms with van der Waals surface area (Å²) in [6, 6.07) is -1.66. The van der Waals surface area contributed by atoms with Gasteiger partial charge in [0.25, 0.3) is 0 Å². The molecule has 1 atom stereocenters. The standard InChI is InChI=1S/C8H10N3O5/c1-4(12)7-8(15)9(5(2)13)10(6(3)14)11(7)16/h7H,1-3H3/q+1. The summed E-state index contributed by atoms with van der Waals surface area (Å²) in [4.78, 5) is 56.3. The van der Waals surface area contributed by atoms with Gasteiger partial charge in [-0.15, -0.1) is 5.01 Å². The van der Waals surface area contributed by atoms with E-state index in [1.807, 2.05) is 0 Å². The van der Waals surface area contributed by atoms with Crippen LogP contribution in [0.15, 0.2) is 0 Å². The van der Waals surface area contributed by atoms with Crippen LogP contribution in [0.3, 0.4) is 0 Å². The van der Waals surface area contributed by atoms with Crippen molar-refractivity contribution in [2.45, 2.75) is 26.8 Å². The maximum atomic E-state index is 11.6. The number of Topliss-reactive ketones (excluding diaryl/α,β-unsaturated/α-hetero) is 1. The van der Waals surface area contributed by atoms with E-state index in [1.54, 1.807) is 0 Å². The fraction of sp³-hybridized carbons (Fsp3) is 0.500. The summed E-state index contributed by atoms with van der Waals surface area (Å²) in [5.41, 5.74) is 0. The van der Waals surface area contributed by atoms with E-state index in [2.05, 4.69) is 0 Å². The SMILES string of the molecule is CC(=O)C1C(=O)N(C(C)=O)N(C(C)=O)[N+]1=O. The number of carbonyl (C=O) groups is 4. The number of nitrogens with zero attached hydrogens (tertiary/aromatic N) is 3. The van der Waals surface area contributed by atoms with Crippen molar-refractivity contribution in [2.75, 3.05) is 0 Å². The minimum atomic E-state index is -1.66. The van der Waals surface area contributed by atoms with Gasteiger partial charge in [-0.3, -0.25) is 19.2 Å². The van der Waals surface area contributed by atoms with E-state index in [1.165, 1.54) is 0 Å². The maximum absolute atomic E-state index is 11.6. The molecule has 1 saturated heterocycles. The number of hydrazine groups is 2. The average molecular weight is 228 g/mol. The van der Waals surface area contributed by atoms with E-state index in [0.717, 1.165) is 20.8 Å². The molecule has 0 saturated carbocycles. The highest BCUT2D eigenvalue weighted by atomic mass is 16.4. The fourth-order valence-electron chi connectivity index (χ4n) is 1.40. The second-order valence-corrected chi connectivity index (χ2v) is 3.29. The van der Waals surface area contributed by atoms with E-state index in [-0.39, 0.29) is 4.87 Å². The molecule has 0 bridgehead atoms. The van der Waals surface area contributed by atoms with Gasteiger partial charge in [-0.25, -0.2) is 0 Å². The summed E-state index contributed by atoms with van der Waals surface area (Å²) in [6.07, 6.45) is 0. The van der Waals surface area contributed by atoms with Gasteiger partial charge in [0.2, 0.25) is 11.7 Å². The minimum absolute atomic E-state index is 0.0889. The third kappa shape index (κ3) is 1.58. The zero-order valence-electron chi connectivity index (χ0n) is 8.96. The molecule has 0 aromatic rings. The highest BCUT2D eigenvalue weighted by Crippen LogP contribution is 2.17. The van der Waals surface area contributed by atoms with Crippen molar-refractivity contribution < 1.29 is 24.0 Å². The van der Waals surface area contributed by atoms with E-state index in [9.17, 15) is 24.1 Å². The van der Waals surface area contributed by atoms with Crippen LogP contribution in [0.2, 0.25) is 0 Å². The van der Waals surface area contributed by atoms with Crippen molar-refractivity contribution in [1.82, 2.24) is 10.1 Å². The van der Waals surface area contributed by atoms with Crippen LogP contribution in [0.5, 0.6) is 0 Å². The van der Waals surface area contributed by atoms with Gasteiger partial charge in [0, 0.05) is 25.9 Å². The van der Waals surface area contributed by atoms with Crippen molar-refractivity contribution in [2.24, 2.45) is 0 Å². The van der Waals surface area contributed by atoms with Gasteiger partial charge < -0.3 is 0 Å². The molecule has 1 unspecified atom stereocenters. The van der Waals surface area contributed by atoms with Gasteiger partial charge in [-0.1, -0.05) is 0 Å². The lowest BCUT2D eigenvalue weighted by Gasteiger charge is -2.12. The molecule has 16 heavy (non-hydrogen) atoms. The summed E-state index contributed by atoms with van der Waals surface area (Å²) < 4.78 is 0. The van der Waals surface area contributed by atoms with E-state index >= 15 is 0 Å². The molecule has 1 aliphatic heterocycles. The fourth-order valence-corrected chi connectivity index (χ4v) is 1.40. The zero-order chi connectivity index (χ0) is 12.6. The highest BCUT2D eigenvalue weighted by Gasteiger charge is 2.60. The first-order valence-electron chi connectivity index (χ1n) is 4.41. The Morgan fingerprint density at radius 2 is 1.62 bits per heavy atom. The zero-order valence-corrected chi connectivity index (χ0v) is 8.96. The quantitative estimate of drug-likeness (QED) is 0.414. The molecule has 1 rings (SSSR count). The first-order chi connectivity index (χ1) is 7.29. The van der Waals surface area contributed by atoms with Crippen LogP contribution in [0, 0.1) is 4.91 Å². The van der Waals surface area contributed by atoms with Crippen LogP contribution < -0.4 is 0 Å². The Hall–Kier alpha value is -2.12. The largest absolute Gasteiger partial charge is 0.372 e. The molecular formula is C8H10N3O5+. The van der Waals surface area contributed by atoms with Gasteiger partial charge in [0.1, 0.15) is 0 Å². The number of hydrogen-bond acceptors (Lipinski definition) is 5. The summed E-state index contributed by atoms with van der Waals surface area (Å²) in [6.45, 7) is 3.07. The predicted molar refractivity (Wildman–Crippen MR) is 48.1 cm³/mol. The predicted octanol–water partition coefficient (Wildman–Crippen LogP) is -1.21. The number of hydrogen-bond donors (Lipinski definition) is 0. The Morgan fingerprint density at radius 1 is 1.12 bits per heavy atom. The van der Waals surface area contributed by atoms with E-state index < -0.39 is 29.5 Å². The van der Waals surface area contributed by atoms with Crippen molar-refractivity contribution in [3.8, 4) is 0 Å². The normalized spacial score (nSPS) is 20.3. The Bertz CT molecular complexity index is 384. The van der Waals surface area contributed by atoms with Gasteiger partial charge in [0.15, 0.2) is 4.87 Å². The third-order valence-electron chi connectivity index (χ3n) is 2.00. The van der Waals surface area contributed by atoms with Crippen LogP contribution in [-0.4, -0.2) is 44.5 Å². The molecule has 1 aliphatic rings. The van der Waals surface area contributed by atoms with Crippen molar-refractivity contribution in [3.05, 3.63) is 4.91 Å². The smallest absolute Gasteiger partial charge is 0.292 e. The molecule has 8 heteroatoms. The van der Waals surface area contributed by atoms with Gasteiger partial charge in [-0.05, 0) is 0 Å². The van der Waals surface area contributed by atoms with E-state index in [4.69, 9.17) is 0 Å². The van der Waals surface area contributed by atoms with Crippen LogP contribution in [0.4, 0.5) is 0 Å². The first-order valence-corrected chi connectivity index (χ1v) is 4.41. The molecule has 0 aliphatic carbocycles. The maximum Gasteiger partial charge on any atom is 0.372 e. The van der Waals surface area contributed by atoms with Gasteiger partial charge in [0.05, 0.1) is 4.91 Å². The Labute approximate surface area is 90.3 Å². The molecule has 0 spiro atoms. The van der Waals surface area contributed by atoms with Gasteiger partial charge in [-0.2, -0.15) is 0 Å². The molecule has 86 valence electrons. The summed E-state index contributed by atoms with van der Waals surface area (Å²) in [5, 5.41) is 0.679. The summed E-state index contributed by atoms with van der Waals surface area (Å²) in [7, 11) is 0. The monoisotopic (exact) mass is 228 g/mol. The van der Waals surface area contributed by atoms with Crippen molar-refractivity contribution in [1.29, 1.82) is 0 Å². The molecule has 1 fully saturated rings. The topological polar surface area (TPSA) is 94.8 Å². The second-order valence-electron chi connectivity index (χ2n) is 3.29. The Morgan fingerprint density at radius 3 is 1.88 bits per heavy atom. The highest BCUT2D eigenvalue weighted by molar-refractivity contribution is 6.09. The number of nitroso groups, excluding NO2 is 1. The van der Waals surface area contributed by atoms with Crippen molar-refractivity contribution in [3.63, 3.8) is 0 Å². The van der Waals surface area contributed by atoms with E-state index in [0.29, 0.717) is 10.1 Å². The van der Waals surface area contributed by atoms with Crippen LogP contribution in [0.25, 0.3) is 0 Å². The van der Waals surface area contributed by atoms with Gasteiger partial charge >= 0.3 is 17.9 Å². The summed E-state index contributed by atoms with van der Waals surface area (Å²) in [5.74, 6) is -3.35. The molecule has 3 amide bonds. The lowest BCUT2D eigenvalue weighted by atomic mass is 10.2. The minimum Gasteiger partial charge on any atom is -0.292 e. The molecular weight excluding hydrogens is 218 g/mol. The second kappa shape index (κ2) is 3.80. The van der Waals surface area contributed by atoms with Crippen LogP contribution in [0.1, 0.15) is 20.8 Å². The first kappa shape index (κ1) is 12.0. The average Bonchev–Trinajstić information content (AvgIpc) is 2.36. The number of carbonyl (C=O) groups excluding carboxylic acids is 4. The summed E-state index contributed by atoms with van der Waals surface area (Å²) >= 11 is 0. The molecule has 0 N–H and O–H groups in total. The molecule has 0 radical (unpaired) electrons. The number of imide groups is 1. The Kier molecular flexibility index (Phi) is 2.84. The van der Waals surface area contributed by atoms with Crippen LogP contribution >= 0.6 is 0 Å². The molecule has 8 nitrogen and oxygen atoms in total. The number of ketones is 1. The molecule has 0 aromatic heterocycles.